The van der Waals surface area contributed by atoms with Crippen molar-refractivity contribution in [3.63, 3.8) is 0 Å². The van der Waals surface area contributed by atoms with Crippen LogP contribution in [0.2, 0.25) is 0 Å². The largest absolute Gasteiger partial charge is 0.355 e. The minimum absolute atomic E-state index is 0.171. The van der Waals surface area contributed by atoms with Crippen LogP contribution in [0.4, 0.5) is 0 Å². The summed E-state index contributed by atoms with van der Waals surface area (Å²) in [5.74, 6) is 1.06. The quantitative estimate of drug-likeness (QED) is 0.457. The Balaban J connectivity index is 1.25. The normalized spacial score (nSPS) is 17.0. The molecule has 5 rings (SSSR count). The average molecular weight is 440 g/mol. The van der Waals surface area contributed by atoms with E-state index in [1.54, 1.807) is 11.3 Å². The van der Waals surface area contributed by atoms with Crippen molar-refractivity contribution in [1.82, 2.24) is 24.6 Å². The first-order valence-electron chi connectivity index (χ1n) is 10.1. The number of amides is 1. The molecule has 9 heteroatoms. The van der Waals surface area contributed by atoms with Crippen molar-refractivity contribution in [2.75, 3.05) is 13.1 Å². The molecule has 4 heterocycles. The number of para-hydroxylation sites is 1. The van der Waals surface area contributed by atoms with E-state index >= 15 is 0 Å². The Morgan fingerprint density at radius 3 is 3.07 bits per heavy atom. The van der Waals surface area contributed by atoms with Crippen LogP contribution in [0.25, 0.3) is 20.9 Å². The van der Waals surface area contributed by atoms with Gasteiger partial charge in [-0.05, 0) is 43.4 Å². The van der Waals surface area contributed by atoms with Gasteiger partial charge in [-0.1, -0.05) is 21.8 Å². The lowest BCUT2D eigenvalue weighted by Gasteiger charge is -2.32. The van der Waals surface area contributed by atoms with Crippen LogP contribution in [-0.4, -0.2) is 43.6 Å². The first-order valence-corrected chi connectivity index (χ1v) is 11.6. The lowest BCUT2D eigenvalue weighted by molar-refractivity contribution is -0.132. The lowest BCUT2D eigenvalue weighted by Crippen LogP contribution is -2.39. The molecule has 1 fully saturated rings. The fourth-order valence-corrected chi connectivity index (χ4v) is 5.60. The van der Waals surface area contributed by atoms with E-state index in [4.69, 9.17) is 4.52 Å². The summed E-state index contributed by atoms with van der Waals surface area (Å²) in [7, 11) is 0. The molecular formula is C21H21N5O2S2. The van der Waals surface area contributed by atoms with Gasteiger partial charge in [0.2, 0.25) is 5.91 Å². The van der Waals surface area contributed by atoms with E-state index in [0.29, 0.717) is 25.1 Å². The maximum atomic E-state index is 12.9. The van der Waals surface area contributed by atoms with Crippen LogP contribution in [0.15, 0.2) is 34.9 Å². The highest BCUT2D eigenvalue weighted by atomic mass is 32.1. The maximum absolute atomic E-state index is 12.9. The summed E-state index contributed by atoms with van der Waals surface area (Å²) in [6.45, 7) is 3.36. The van der Waals surface area contributed by atoms with Crippen molar-refractivity contribution in [1.29, 1.82) is 0 Å². The topological polar surface area (TPSA) is 85.0 Å². The van der Waals surface area contributed by atoms with Gasteiger partial charge in [0.15, 0.2) is 5.76 Å². The molecule has 1 unspecified atom stereocenters. The number of nitrogens with zero attached hydrogens (tertiary/aromatic N) is 5. The van der Waals surface area contributed by atoms with Gasteiger partial charge in [-0.2, -0.15) is 0 Å². The second-order valence-electron chi connectivity index (χ2n) is 7.57. The first kappa shape index (κ1) is 19.3. The van der Waals surface area contributed by atoms with E-state index in [9.17, 15) is 4.79 Å². The van der Waals surface area contributed by atoms with Crippen LogP contribution in [0.3, 0.4) is 0 Å². The zero-order valence-corrected chi connectivity index (χ0v) is 18.2. The molecule has 1 aliphatic rings. The van der Waals surface area contributed by atoms with Gasteiger partial charge in [0, 0.05) is 37.9 Å². The summed E-state index contributed by atoms with van der Waals surface area (Å²) >= 11 is 2.99. The van der Waals surface area contributed by atoms with Crippen molar-refractivity contribution in [2.45, 2.75) is 38.5 Å². The van der Waals surface area contributed by atoms with Gasteiger partial charge in [0.05, 0.1) is 26.6 Å². The Bertz CT molecular complexity index is 1150. The van der Waals surface area contributed by atoms with Gasteiger partial charge in [-0.15, -0.1) is 16.4 Å². The molecule has 0 N–H and O–H groups in total. The number of aryl methyl sites for hydroxylation is 2. The molecule has 3 aromatic heterocycles. The number of rotatable bonds is 5. The molecule has 30 heavy (non-hydrogen) atoms. The predicted octanol–water partition coefficient (Wildman–Crippen LogP) is 4.45. The summed E-state index contributed by atoms with van der Waals surface area (Å²) in [6.07, 6.45) is 3.12. The third-order valence-electron chi connectivity index (χ3n) is 5.42. The van der Waals surface area contributed by atoms with E-state index in [2.05, 4.69) is 25.8 Å². The highest BCUT2D eigenvalue weighted by Gasteiger charge is 2.29. The Morgan fingerprint density at radius 2 is 2.23 bits per heavy atom. The van der Waals surface area contributed by atoms with Gasteiger partial charge in [0.1, 0.15) is 4.88 Å². The Kier molecular flexibility index (Phi) is 5.30. The molecule has 0 saturated carbocycles. The Labute approximate surface area is 181 Å². The highest BCUT2D eigenvalue weighted by Crippen LogP contribution is 2.35. The van der Waals surface area contributed by atoms with Gasteiger partial charge in [-0.3, -0.25) is 4.79 Å². The number of carbonyl (C=O) groups is 1. The maximum Gasteiger partial charge on any atom is 0.223 e. The fourth-order valence-electron chi connectivity index (χ4n) is 3.93. The standard InChI is InChI=1S/C21H21N5O2S2/c1-13-11-16(28-24-13)21-20(23-25-30-21)14-5-4-10-26(12-14)19(27)9-8-18-22-15-6-2-3-7-17(15)29-18/h2-3,6-7,11,14H,4-5,8-10,12H2,1H3. The Morgan fingerprint density at radius 1 is 1.33 bits per heavy atom. The first-order chi connectivity index (χ1) is 14.7. The molecule has 0 bridgehead atoms. The monoisotopic (exact) mass is 439 g/mol. The zero-order chi connectivity index (χ0) is 20.5. The van der Waals surface area contributed by atoms with E-state index in [-0.39, 0.29) is 11.8 Å². The molecule has 0 aliphatic carbocycles. The molecular weight excluding hydrogens is 418 g/mol. The molecule has 7 nitrogen and oxygen atoms in total. The summed E-state index contributed by atoms with van der Waals surface area (Å²) in [4.78, 5) is 20.4. The van der Waals surface area contributed by atoms with E-state index in [1.165, 1.54) is 16.2 Å². The van der Waals surface area contributed by atoms with Crippen molar-refractivity contribution in [2.24, 2.45) is 0 Å². The van der Waals surface area contributed by atoms with Gasteiger partial charge in [0.25, 0.3) is 0 Å². The number of fused-ring (bicyclic) bond motifs is 1. The number of thiazole rings is 1. The third kappa shape index (κ3) is 3.87. The van der Waals surface area contributed by atoms with E-state index in [0.717, 1.165) is 46.2 Å². The van der Waals surface area contributed by atoms with Crippen LogP contribution in [0.5, 0.6) is 0 Å². The molecule has 0 spiro atoms. The minimum Gasteiger partial charge on any atom is -0.355 e. The molecule has 1 amide bonds. The average Bonchev–Trinajstić information content (AvgIpc) is 3.50. The summed E-state index contributed by atoms with van der Waals surface area (Å²) in [6, 6.07) is 10.0. The molecule has 154 valence electrons. The molecule has 4 aromatic rings. The molecule has 0 radical (unpaired) electrons. The lowest BCUT2D eigenvalue weighted by atomic mass is 9.93. The summed E-state index contributed by atoms with van der Waals surface area (Å²) in [5, 5.41) is 9.37. The van der Waals surface area contributed by atoms with Crippen LogP contribution in [0.1, 0.15) is 41.6 Å². The number of carbonyl (C=O) groups excluding carboxylic acids is 1. The number of benzene rings is 1. The van der Waals surface area contributed by atoms with Gasteiger partial charge < -0.3 is 9.42 Å². The number of hydrogen-bond acceptors (Lipinski definition) is 8. The molecule has 1 atom stereocenters. The second-order valence-corrected chi connectivity index (χ2v) is 9.44. The van der Waals surface area contributed by atoms with Crippen molar-refractivity contribution >= 4 is 39.0 Å². The van der Waals surface area contributed by atoms with Crippen molar-refractivity contribution < 1.29 is 9.32 Å². The molecule has 1 aromatic carbocycles. The van der Waals surface area contributed by atoms with Crippen LogP contribution in [0, 0.1) is 6.92 Å². The van der Waals surface area contributed by atoms with E-state index < -0.39 is 0 Å². The fraction of sp³-hybridized carbons (Fsp3) is 0.381. The summed E-state index contributed by atoms with van der Waals surface area (Å²) < 4.78 is 10.7. The number of piperidine rings is 1. The number of aromatic nitrogens is 4. The number of likely N-dealkylation sites (tertiary alicyclic amines) is 1. The highest BCUT2D eigenvalue weighted by molar-refractivity contribution is 7.18. The van der Waals surface area contributed by atoms with Crippen LogP contribution < -0.4 is 0 Å². The van der Waals surface area contributed by atoms with E-state index in [1.807, 2.05) is 36.1 Å². The SMILES string of the molecule is Cc1cc(-c2snnc2C2CCCN(C(=O)CCc3nc4ccccc4s3)C2)on1. The second kappa shape index (κ2) is 8.23. The van der Waals surface area contributed by atoms with Crippen LogP contribution in [-0.2, 0) is 11.2 Å². The summed E-state index contributed by atoms with van der Waals surface area (Å²) in [5.41, 5.74) is 2.76. The predicted molar refractivity (Wildman–Crippen MR) is 117 cm³/mol. The third-order valence-corrected chi connectivity index (χ3v) is 7.27. The zero-order valence-electron chi connectivity index (χ0n) is 16.6. The van der Waals surface area contributed by atoms with Crippen molar-refractivity contribution in [3.05, 3.63) is 46.7 Å². The van der Waals surface area contributed by atoms with Crippen LogP contribution >= 0.6 is 22.9 Å². The molecule has 1 saturated heterocycles. The number of hydrogen-bond donors (Lipinski definition) is 0. The smallest absolute Gasteiger partial charge is 0.223 e. The van der Waals surface area contributed by atoms with Gasteiger partial charge in [-0.25, -0.2) is 4.98 Å². The van der Waals surface area contributed by atoms with Crippen molar-refractivity contribution in [3.8, 4) is 10.6 Å². The minimum atomic E-state index is 0.171. The molecule has 1 aliphatic heterocycles. The van der Waals surface area contributed by atoms with Gasteiger partial charge >= 0.3 is 0 Å². The Hall–Kier alpha value is -2.65.